The maximum atomic E-state index is 6.83. The fraction of sp³-hybridized carbons (Fsp3) is 0.0938. The highest BCUT2D eigenvalue weighted by Crippen LogP contribution is 2.64. The minimum atomic E-state index is -0.438. The van der Waals surface area contributed by atoms with Crippen molar-refractivity contribution in [2.75, 3.05) is 0 Å². The molecule has 2 heterocycles. The van der Waals surface area contributed by atoms with Crippen molar-refractivity contribution in [3.63, 3.8) is 0 Å². The van der Waals surface area contributed by atoms with E-state index >= 15 is 0 Å². The van der Waals surface area contributed by atoms with Crippen LogP contribution in [0.3, 0.4) is 0 Å². The summed E-state index contributed by atoms with van der Waals surface area (Å²) in [5.41, 5.74) is 12.5. The zero-order valence-electron chi connectivity index (χ0n) is 18.6. The molecule has 1 unspecified atom stereocenters. The van der Waals surface area contributed by atoms with E-state index in [1.54, 1.807) is 0 Å². The first-order valence-electron chi connectivity index (χ1n) is 11.9. The topological polar surface area (TPSA) is 26.0 Å². The molecule has 2 nitrogen and oxygen atoms in total. The monoisotopic (exact) mass is 435 g/mol. The highest BCUT2D eigenvalue weighted by Gasteiger charge is 2.55. The second-order valence-electron chi connectivity index (χ2n) is 9.43. The number of hydrogen-bond acceptors (Lipinski definition) is 2. The first-order valence-corrected chi connectivity index (χ1v) is 11.9. The first-order chi connectivity index (χ1) is 16.9. The van der Waals surface area contributed by atoms with Gasteiger partial charge in [-0.2, -0.15) is 0 Å². The van der Waals surface area contributed by atoms with Crippen molar-refractivity contribution in [3.05, 3.63) is 131 Å². The van der Waals surface area contributed by atoms with Gasteiger partial charge in [0.05, 0.1) is 0 Å². The van der Waals surface area contributed by atoms with Gasteiger partial charge in [-0.3, -0.25) is 4.98 Å². The van der Waals surface area contributed by atoms with Gasteiger partial charge in [0.25, 0.3) is 0 Å². The Morgan fingerprint density at radius 1 is 0.706 bits per heavy atom. The number of pyridine rings is 1. The van der Waals surface area contributed by atoms with Crippen molar-refractivity contribution < 1.29 is 4.42 Å². The Morgan fingerprint density at radius 3 is 2.29 bits per heavy atom. The van der Waals surface area contributed by atoms with Gasteiger partial charge in [0, 0.05) is 23.5 Å². The van der Waals surface area contributed by atoms with Crippen molar-refractivity contribution in [1.29, 1.82) is 0 Å². The minimum absolute atomic E-state index is 0.438. The Kier molecular flexibility index (Phi) is 3.47. The Morgan fingerprint density at radius 2 is 1.44 bits per heavy atom. The summed E-state index contributed by atoms with van der Waals surface area (Å²) in [6.45, 7) is 0. The molecule has 0 bridgehead atoms. The van der Waals surface area contributed by atoms with E-state index in [4.69, 9.17) is 4.42 Å². The second-order valence-corrected chi connectivity index (χ2v) is 9.43. The molecular weight excluding hydrogens is 414 g/mol. The number of rotatable bonds is 1. The third-order valence-electron chi connectivity index (χ3n) is 7.87. The summed E-state index contributed by atoms with van der Waals surface area (Å²) in [4.78, 5) is 4.22. The normalized spacial score (nSPS) is 18.4. The number of furan rings is 1. The standard InChI is InChI=1S/C32H21NO/c1-4-10-26-22(7-1)23-14-13-21(20-15-17-33-18-16-20)19-28(23)32(26)27-11-5-2-8-24(27)30-25-9-3-6-12-29(25)34-31(30)32/h1-2,4-8,10-19H,3,9H2. The molecule has 2 heteroatoms. The van der Waals surface area contributed by atoms with Crippen LogP contribution in [0.15, 0.2) is 102 Å². The smallest absolute Gasteiger partial charge is 0.132 e. The molecule has 0 N–H and O–H groups in total. The lowest BCUT2D eigenvalue weighted by Gasteiger charge is -2.28. The fourth-order valence-corrected chi connectivity index (χ4v) is 6.52. The lowest BCUT2D eigenvalue weighted by molar-refractivity contribution is 0.464. The average Bonchev–Trinajstić information content (AvgIpc) is 3.52. The zero-order valence-corrected chi connectivity index (χ0v) is 18.6. The largest absolute Gasteiger partial charge is 0.459 e. The molecule has 160 valence electrons. The van der Waals surface area contributed by atoms with Crippen LogP contribution in [0.1, 0.15) is 40.2 Å². The van der Waals surface area contributed by atoms with Gasteiger partial charge in [-0.25, -0.2) is 0 Å². The highest BCUT2D eigenvalue weighted by molar-refractivity contribution is 5.96. The van der Waals surface area contributed by atoms with Crippen LogP contribution < -0.4 is 0 Å². The predicted octanol–water partition coefficient (Wildman–Crippen LogP) is 7.64. The van der Waals surface area contributed by atoms with Gasteiger partial charge in [-0.15, -0.1) is 0 Å². The van der Waals surface area contributed by atoms with E-state index in [1.165, 1.54) is 55.6 Å². The molecule has 0 aliphatic heterocycles. The van der Waals surface area contributed by atoms with Crippen molar-refractivity contribution in [3.8, 4) is 33.4 Å². The summed E-state index contributed by atoms with van der Waals surface area (Å²) in [5, 5.41) is 0. The zero-order chi connectivity index (χ0) is 22.3. The molecule has 34 heavy (non-hydrogen) atoms. The Bertz CT molecular complexity index is 1660. The molecular formula is C32H21NO. The molecule has 3 aliphatic rings. The van der Waals surface area contributed by atoms with Crippen LogP contribution in [0.5, 0.6) is 0 Å². The Hall–Kier alpha value is -4.17. The van der Waals surface area contributed by atoms with Gasteiger partial charge in [0.15, 0.2) is 0 Å². The van der Waals surface area contributed by atoms with E-state index in [-0.39, 0.29) is 0 Å². The van der Waals surface area contributed by atoms with Crippen LogP contribution in [0.4, 0.5) is 0 Å². The number of nitrogens with zero attached hydrogens (tertiary/aromatic N) is 1. The van der Waals surface area contributed by atoms with E-state index in [2.05, 4.69) is 96.0 Å². The molecule has 0 saturated carbocycles. The van der Waals surface area contributed by atoms with Crippen LogP contribution in [-0.4, -0.2) is 4.98 Å². The van der Waals surface area contributed by atoms with E-state index < -0.39 is 5.41 Å². The van der Waals surface area contributed by atoms with Crippen molar-refractivity contribution in [2.45, 2.75) is 18.3 Å². The highest BCUT2D eigenvalue weighted by atomic mass is 16.3. The minimum Gasteiger partial charge on any atom is -0.459 e. The van der Waals surface area contributed by atoms with Crippen LogP contribution >= 0.6 is 0 Å². The van der Waals surface area contributed by atoms with Crippen LogP contribution in [0, 0.1) is 0 Å². The summed E-state index contributed by atoms with van der Waals surface area (Å²) in [6, 6.07) is 28.9. The van der Waals surface area contributed by atoms with E-state index in [1.807, 2.05) is 12.4 Å². The molecule has 0 saturated heterocycles. The molecule has 1 atom stereocenters. The van der Waals surface area contributed by atoms with E-state index in [0.717, 1.165) is 24.4 Å². The Labute approximate surface area is 198 Å². The fourth-order valence-electron chi connectivity index (χ4n) is 6.52. The van der Waals surface area contributed by atoms with Gasteiger partial charge in [-0.1, -0.05) is 66.7 Å². The number of fused-ring (bicyclic) bond motifs is 12. The van der Waals surface area contributed by atoms with Gasteiger partial charge >= 0.3 is 0 Å². The molecule has 8 rings (SSSR count). The second kappa shape index (κ2) is 6.45. The number of allylic oxidation sites excluding steroid dienone is 1. The average molecular weight is 436 g/mol. The number of hydrogen-bond donors (Lipinski definition) is 0. The van der Waals surface area contributed by atoms with Gasteiger partial charge in [0.1, 0.15) is 16.9 Å². The van der Waals surface area contributed by atoms with Crippen LogP contribution in [-0.2, 0) is 11.8 Å². The summed E-state index contributed by atoms with van der Waals surface area (Å²) in [5.74, 6) is 2.12. The van der Waals surface area contributed by atoms with Gasteiger partial charge < -0.3 is 4.42 Å². The van der Waals surface area contributed by atoms with Crippen molar-refractivity contribution in [2.24, 2.45) is 0 Å². The molecule has 0 fully saturated rings. The third kappa shape index (κ3) is 2.09. The van der Waals surface area contributed by atoms with E-state index in [0.29, 0.717) is 0 Å². The molecule has 0 amide bonds. The van der Waals surface area contributed by atoms with Crippen molar-refractivity contribution >= 4 is 6.08 Å². The maximum Gasteiger partial charge on any atom is 0.132 e. The Balaban J connectivity index is 1.53. The predicted molar refractivity (Wildman–Crippen MR) is 136 cm³/mol. The lowest BCUT2D eigenvalue weighted by atomic mass is 9.73. The SMILES string of the molecule is C1=Cc2oc3c(c2CC1)-c1ccccc1C31c2ccccc2-c2ccc(-c3ccncc3)cc21. The van der Waals surface area contributed by atoms with Gasteiger partial charge in [-0.05, 0) is 81.6 Å². The van der Waals surface area contributed by atoms with Crippen molar-refractivity contribution in [1.82, 2.24) is 4.98 Å². The quantitative estimate of drug-likeness (QED) is 0.265. The summed E-state index contributed by atoms with van der Waals surface area (Å²) in [6.07, 6.45) is 10.2. The summed E-state index contributed by atoms with van der Waals surface area (Å²) >= 11 is 0. The van der Waals surface area contributed by atoms with Gasteiger partial charge in [0.2, 0.25) is 0 Å². The molecule has 2 aromatic heterocycles. The molecule has 3 aromatic carbocycles. The molecule has 3 aliphatic carbocycles. The first kappa shape index (κ1) is 18.3. The van der Waals surface area contributed by atoms with Crippen LogP contribution in [0.25, 0.3) is 39.5 Å². The molecule has 1 spiro atoms. The maximum absolute atomic E-state index is 6.83. The van der Waals surface area contributed by atoms with Crippen LogP contribution in [0.2, 0.25) is 0 Å². The third-order valence-corrected chi connectivity index (χ3v) is 7.87. The molecule has 5 aromatic rings. The summed E-state index contributed by atoms with van der Waals surface area (Å²) < 4.78 is 6.83. The number of benzene rings is 3. The number of aromatic nitrogens is 1. The van der Waals surface area contributed by atoms with E-state index in [9.17, 15) is 0 Å². The lowest BCUT2D eigenvalue weighted by Crippen LogP contribution is -2.25. The molecule has 0 radical (unpaired) electrons. The summed E-state index contributed by atoms with van der Waals surface area (Å²) in [7, 11) is 0.